The number of aromatic nitrogens is 3. The molecule has 0 radical (unpaired) electrons. The van der Waals surface area contributed by atoms with Crippen molar-refractivity contribution in [1.29, 1.82) is 0 Å². The van der Waals surface area contributed by atoms with Crippen LogP contribution in [0.1, 0.15) is 18.5 Å². The predicted molar refractivity (Wildman–Crippen MR) is 73.8 cm³/mol. The molecule has 0 atom stereocenters. The highest BCUT2D eigenvalue weighted by Gasteiger charge is 2.40. The maximum absolute atomic E-state index is 5.77. The van der Waals surface area contributed by atoms with Crippen LogP contribution in [-0.4, -0.2) is 46.7 Å². The Morgan fingerprint density at radius 2 is 1.95 bits per heavy atom. The molecule has 2 aliphatic rings. The van der Waals surface area contributed by atoms with Crippen molar-refractivity contribution in [2.75, 3.05) is 31.2 Å². The third kappa shape index (κ3) is 1.87. The Hall–Kier alpha value is -1.66. The summed E-state index contributed by atoms with van der Waals surface area (Å²) >= 11 is 0. The van der Waals surface area contributed by atoms with Crippen molar-refractivity contribution in [2.24, 2.45) is 0 Å². The predicted octanol–water partition coefficient (Wildman–Crippen LogP) is 1.38. The number of nitrogens with zero attached hydrogens (tertiary/aromatic N) is 4. The standard InChI is InChI=1S/C14H18N4O2/c1-11-10-12-13(15-4-7-18(12)16-11)17-5-2-14(3-6-17)19-8-9-20-14/h4,7,10H,2-3,5-6,8-9H2,1H3. The molecule has 0 bridgehead atoms. The SMILES string of the molecule is Cc1cc2c(N3CCC4(CC3)OCCO4)nccn2n1. The Kier molecular flexibility index (Phi) is 2.68. The average Bonchev–Trinajstić information content (AvgIpc) is 3.05. The van der Waals surface area contributed by atoms with E-state index in [1.165, 1.54) is 0 Å². The van der Waals surface area contributed by atoms with Crippen LogP contribution in [0.25, 0.3) is 5.52 Å². The minimum absolute atomic E-state index is 0.336. The fourth-order valence-corrected chi connectivity index (χ4v) is 3.12. The van der Waals surface area contributed by atoms with Crippen molar-refractivity contribution in [3.05, 3.63) is 24.2 Å². The largest absolute Gasteiger partial charge is 0.354 e. The number of fused-ring (bicyclic) bond motifs is 1. The molecule has 0 aromatic carbocycles. The molecule has 0 saturated carbocycles. The summed E-state index contributed by atoms with van der Waals surface area (Å²) in [5, 5.41) is 4.44. The Balaban J connectivity index is 1.61. The molecule has 6 heteroatoms. The summed E-state index contributed by atoms with van der Waals surface area (Å²) in [6, 6.07) is 2.08. The van der Waals surface area contributed by atoms with Crippen molar-refractivity contribution in [3.63, 3.8) is 0 Å². The van der Waals surface area contributed by atoms with Crippen molar-refractivity contribution in [2.45, 2.75) is 25.6 Å². The molecule has 2 aromatic rings. The van der Waals surface area contributed by atoms with Gasteiger partial charge in [0.1, 0.15) is 5.52 Å². The van der Waals surface area contributed by atoms with Crippen molar-refractivity contribution in [3.8, 4) is 0 Å². The Morgan fingerprint density at radius 1 is 1.20 bits per heavy atom. The van der Waals surface area contributed by atoms with Crippen molar-refractivity contribution >= 4 is 11.3 Å². The minimum Gasteiger partial charge on any atom is -0.354 e. The normalized spacial score (nSPS) is 21.9. The molecule has 1 spiro atoms. The molecule has 6 nitrogen and oxygen atoms in total. The van der Waals surface area contributed by atoms with Gasteiger partial charge in [-0.2, -0.15) is 5.10 Å². The van der Waals surface area contributed by atoms with Gasteiger partial charge in [-0.15, -0.1) is 0 Å². The van der Waals surface area contributed by atoms with E-state index in [9.17, 15) is 0 Å². The first-order valence-electron chi connectivity index (χ1n) is 7.10. The van der Waals surface area contributed by atoms with Crippen LogP contribution in [0.2, 0.25) is 0 Å². The third-order valence-corrected chi connectivity index (χ3v) is 4.13. The van der Waals surface area contributed by atoms with Gasteiger partial charge >= 0.3 is 0 Å². The lowest BCUT2D eigenvalue weighted by Gasteiger charge is -2.38. The third-order valence-electron chi connectivity index (χ3n) is 4.13. The van der Waals surface area contributed by atoms with Gasteiger partial charge in [0.25, 0.3) is 0 Å². The summed E-state index contributed by atoms with van der Waals surface area (Å²) in [6.45, 7) is 5.24. The number of anilines is 1. The Morgan fingerprint density at radius 3 is 2.70 bits per heavy atom. The highest BCUT2D eigenvalue weighted by molar-refractivity contribution is 5.69. The summed E-state index contributed by atoms with van der Waals surface area (Å²) in [7, 11) is 0. The smallest absolute Gasteiger partial charge is 0.171 e. The second-order valence-electron chi connectivity index (χ2n) is 5.46. The van der Waals surface area contributed by atoms with Crippen molar-refractivity contribution in [1.82, 2.24) is 14.6 Å². The molecule has 20 heavy (non-hydrogen) atoms. The van der Waals surface area contributed by atoms with Gasteiger partial charge in [-0.1, -0.05) is 0 Å². The molecule has 106 valence electrons. The number of aryl methyl sites for hydroxylation is 1. The zero-order valence-corrected chi connectivity index (χ0v) is 11.6. The van der Waals surface area contributed by atoms with Crippen LogP contribution in [0, 0.1) is 6.92 Å². The fraction of sp³-hybridized carbons (Fsp3) is 0.571. The van der Waals surface area contributed by atoms with Gasteiger partial charge in [0.15, 0.2) is 11.6 Å². The maximum Gasteiger partial charge on any atom is 0.171 e. The van der Waals surface area contributed by atoms with E-state index in [4.69, 9.17) is 9.47 Å². The van der Waals surface area contributed by atoms with Gasteiger partial charge in [-0.25, -0.2) is 9.50 Å². The van der Waals surface area contributed by atoms with Gasteiger partial charge in [0.2, 0.25) is 0 Å². The minimum atomic E-state index is -0.336. The summed E-state index contributed by atoms with van der Waals surface area (Å²) in [5.41, 5.74) is 2.07. The number of piperidine rings is 1. The van der Waals surface area contributed by atoms with Crippen LogP contribution >= 0.6 is 0 Å². The molecule has 2 fully saturated rings. The quantitative estimate of drug-likeness (QED) is 0.786. The molecule has 4 rings (SSSR count). The fourth-order valence-electron chi connectivity index (χ4n) is 3.12. The topological polar surface area (TPSA) is 51.9 Å². The average molecular weight is 274 g/mol. The van der Waals surface area contributed by atoms with Gasteiger partial charge < -0.3 is 14.4 Å². The molecule has 2 aliphatic heterocycles. The molecule has 0 unspecified atom stereocenters. The lowest BCUT2D eigenvalue weighted by atomic mass is 10.0. The zero-order chi connectivity index (χ0) is 13.6. The molecule has 2 saturated heterocycles. The Labute approximate surface area is 117 Å². The van der Waals surface area contributed by atoms with Crippen LogP contribution in [-0.2, 0) is 9.47 Å². The number of hydrogen-bond donors (Lipinski definition) is 0. The summed E-state index contributed by atoms with van der Waals surface area (Å²) < 4.78 is 13.4. The zero-order valence-electron chi connectivity index (χ0n) is 11.6. The first-order chi connectivity index (χ1) is 9.76. The first-order valence-corrected chi connectivity index (χ1v) is 7.10. The van der Waals surface area contributed by atoms with Crippen LogP contribution in [0.3, 0.4) is 0 Å². The van der Waals surface area contributed by atoms with Crippen LogP contribution in [0.5, 0.6) is 0 Å². The van der Waals surface area contributed by atoms with E-state index in [0.717, 1.165) is 56.2 Å². The molecular formula is C14H18N4O2. The molecule has 0 N–H and O–H groups in total. The highest BCUT2D eigenvalue weighted by Crippen LogP contribution is 2.33. The molecule has 2 aromatic heterocycles. The second-order valence-corrected chi connectivity index (χ2v) is 5.46. The molecule has 0 amide bonds. The second kappa shape index (κ2) is 4.43. The van der Waals surface area contributed by atoms with Gasteiger partial charge in [0, 0.05) is 38.3 Å². The van der Waals surface area contributed by atoms with E-state index >= 15 is 0 Å². The van der Waals surface area contributed by atoms with E-state index in [-0.39, 0.29) is 5.79 Å². The van der Waals surface area contributed by atoms with Crippen LogP contribution in [0.15, 0.2) is 18.5 Å². The number of rotatable bonds is 1. The van der Waals surface area contributed by atoms with Gasteiger partial charge in [-0.05, 0) is 13.0 Å². The maximum atomic E-state index is 5.77. The van der Waals surface area contributed by atoms with Crippen molar-refractivity contribution < 1.29 is 9.47 Å². The summed E-state index contributed by atoms with van der Waals surface area (Å²) in [4.78, 5) is 6.84. The van der Waals surface area contributed by atoms with E-state index in [1.807, 2.05) is 23.8 Å². The molecule has 0 aliphatic carbocycles. The Bertz CT molecular complexity index is 623. The summed E-state index contributed by atoms with van der Waals surface area (Å²) in [5.74, 6) is 0.665. The number of hydrogen-bond acceptors (Lipinski definition) is 5. The van der Waals surface area contributed by atoms with E-state index in [2.05, 4.69) is 21.0 Å². The van der Waals surface area contributed by atoms with E-state index in [1.54, 1.807) is 0 Å². The molecule has 4 heterocycles. The van der Waals surface area contributed by atoms with Crippen LogP contribution in [0.4, 0.5) is 5.82 Å². The highest BCUT2D eigenvalue weighted by atomic mass is 16.7. The first kappa shape index (κ1) is 12.1. The van der Waals surface area contributed by atoms with Gasteiger partial charge in [0.05, 0.1) is 18.9 Å². The number of ether oxygens (including phenoxy) is 2. The summed E-state index contributed by atoms with van der Waals surface area (Å²) in [6.07, 6.45) is 5.48. The lowest BCUT2D eigenvalue weighted by Crippen LogP contribution is -2.45. The lowest BCUT2D eigenvalue weighted by molar-refractivity contribution is -0.169. The van der Waals surface area contributed by atoms with Gasteiger partial charge in [-0.3, -0.25) is 0 Å². The monoisotopic (exact) mass is 274 g/mol. The van der Waals surface area contributed by atoms with E-state index in [0.29, 0.717) is 0 Å². The van der Waals surface area contributed by atoms with E-state index < -0.39 is 0 Å². The molecular weight excluding hydrogens is 256 g/mol. The van der Waals surface area contributed by atoms with Crippen LogP contribution < -0.4 is 4.90 Å².